The predicted molar refractivity (Wildman–Crippen MR) is 39.6 cm³/mol. The van der Waals surface area contributed by atoms with Gasteiger partial charge in [0.25, 0.3) is 5.91 Å². The summed E-state index contributed by atoms with van der Waals surface area (Å²) in [4.78, 5) is 15.4. The molecule has 10 heavy (non-hydrogen) atoms. The Bertz CT molecular complexity index is 136. The first kappa shape index (κ1) is 9.46. The second kappa shape index (κ2) is 5.26. The van der Waals surface area contributed by atoms with Crippen LogP contribution in [0.3, 0.4) is 0 Å². The fourth-order valence-corrected chi connectivity index (χ4v) is 0.429. The minimum atomic E-state index is -0.219. The summed E-state index contributed by atoms with van der Waals surface area (Å²) < 4.78 is 0. The summed E-state index contributed by atoms with van der Waals surface area (Å²) in [5.41, 5.74) is 0. The molecule has 0 spiro atoms. The first-order chi connectivity index (χ1) is 4.72. The zero-order valence-corrected chi connectivity index (χ0v) is 6.76. The lowest BCUT2D eigenvalue weighted by molar-refractivity contribution is -0.162. The molecule has 0 saturated carbocycles. The molecule has 0 fully saturated rings. The maximum Gasteiger partial charge on any atom is 0.269 e. The third kappa shape index (κ3) is 3.48. The Morgan fingerprint density at radius 2 is 2.40 bits per heavy atom. The summed E-state index contributed by atoms with van der Waals surface area (Å²) in [6.45, 7) is 0. The van der Waals surface area contributed by atoms with Crippen LogP contribution in [0.15, 0.2) is 12.2 Å². The third-order valence-corrected chi connectivity index (χ3v) is 1.11. The molecule has 0 radical (unpaired) electrons. The SMILES string of the molecule is CON(C)C(=O)C=CCCl. The van der Waals surface area contributed by atoms with Crippen LogP contribution in [0.4, 0.5) is 0 Å². The number of carbonyl (C=O) groups is 1. The van der Waals surface area contributed by atoms with Gasteiger partial charge in [0.15, 0.2) is 0 Å². The normalized spacial score (nSPS) is 10.3. The Morgan fingerprint density at radius 1 is 1.80 bits per heavy atom. The number of nitrogens with zero attached hydrogens (tertiary/aromatic N) is 1. The molecule has 58 valence electrons. The highest BCUT2D eigenvalue weighted by molar-refractivity contribution is 6.19. The van der Waals surface area contributed by atoms with Crippen molar-refractivity contribution in [3.05, 3.63) is 12.2 Å². The molecule has 0 aliphatic heterocycles. The van der Waals surface area contributed by atoms with Crippen molar-refractivity contribution < 1.29 is 9.63 Å². The van der Waals surface area contributed by atoms with Crippen LogP contribution < -0.4 is 0 Å². The van der Waals surface area contributed by atoms with E-state index in [9.17, 15) is 4.79 Å². The van der Waals surface area contributed by atoms with Gasteiger partial charge in [-0.1, -0.05) is 6.08 Å². The average molecular weight is 164 g/mol. The van der Waals surface area contributed by atoms with E-state index in [4.69, 9.17) is 11.6 Å². The molecule has 3 nitrogen and oxygen atoms in total. The summed E-state index contributed by atoms with van der Waals surface area (Å²) in [5.74, 6) is 0.117. The van der Waals surface area contributed by atoms with E-state index < -0.39 is 0 Å². The number of likely N-dealkylation sites (N-methyl/N-ethyl adjacent to an activating group) is 1. The van der Waals surface area contributed by atoms with Crippen LogP contribution in [0, 0.1) is 0 Å². The Balaban J connectivity index is 3.72. The molecule has 0 aliphatic carbocycles. The summed E-state index contributed by atoms with van der Waals surface area (Å²) in [6, 6.07) is 0. The van der Waals surface area contributed by atoms with Gasteiger partial charge < -0.3 is 0 Å². The Hall–Kier alpha value is -0.540. The van der Waals surface area contributed by atoms with Crippen LogP contribution in [0.5, 0.6) is 0 Å². The standard InChI is InChI=1S/C6H10ClNO2/c1-8(10-2)6(9)4-3-5-7/h3-4H,5H2,1-2H3. The van der Waals surface area contributed by atoms with E-state index in [1.54, 1.807) is 6.08 Å². The molecule has 4 heteroatoms. The van der Waals surface area contributed by atoms with Crippen molar-refractivity contribution in [2.45, 2.75) is 0 Å². The van der Waals surface area contributed by atoms with E-state index in [1.807, 2.05) is 0 Å². The van der Waals surface area contributed by atoms with Crippen LogP contribution in [0.25, 0.3) is 0 Å². The fourth-order valence-electron chi connectivity index (χ4n) is 0.340. The quantitative estimate of drug-likeness (QED) is 0.350. The first-order valence-electron chi connectivity index (χ1n) is 2.76. The van der Waals surface area contributed by atoms with Gasteiger partial charge in [-0.25, -0.2) is 5.06 Å². The molecule has 0 aromatic carbocycles. The van der Waals surface area contributed by atoms with Gasteiger partial charge in [0.05, 0.1) is 7.11 Å². The summed E-state index contributed by atoms with van der Waals surface area (Å²) >= 11 is 5.30. The molecule has 0 aromatic rings. The van der Waals surface area contributed by atoms with Gasteiger partial charge in [0.2, 0.25) is 0 Å². The number of carbonyl (C=O) groups excluding carboxylic acids is 1. The van der Waals surface area contributed by atoms with Crippen LogP contribution in [0.2, 0.25) is 0 Å². The lowest BCUT2D eigenvalue weighted by Crippen LogP contribution is -2.23. The van der Waals surface area contributed by atoms with E-state index in [1.165, 1.54) is 20.2 Å². The molecule has 0 aromatic heterocycles. The van der Waals surface area contributed by atoms with Gasteiger partial charge in [-0.2, -0.15) is 0 Å². The molecule has 0 N–H and O–H groups in total. The summed E-state index contributed by atoms with van der Waals surface area (Å²) in [7, 11) is 2.95. The van der Waals surface area contributed by atoms with Crippen molar-refractivity contribution in [2.75, 3.05) is 20.0 Å². The van der Waals surface area contributed by atoms with Crippen molar-refractivity contribution in [3.63, 3.8) is 0 Å². The van der Waals surface area contributed by atoms with Crippen LogP contribution in [0.1, 0.15) is 0 Å². The lowest BCUT2D eigenvalue weighted by Gasteiger charge is -2.09. The van der Waals surface area contributed by atoms with Crippen LogP contribution >= 0.6 is 11.6 Å². The second-order valence-corrected chi connectivity index (χ2v) is 1.88. The van der Waals surface area contributed by atoms with Gasteiger partial charge in [0.1, 0.15) is 0 Å². The second-order valence-electron chi connectivity index (χ2n) is 1.57. The Morgan fingerprint density at radius 3 is 2.80 bits per heavy atom. The van der Waals surface area contributed by atoms with Crippen molar-refractivity contribution in [3.8, 4) is 0 Å². The minimum absolute atomic E-state index is 0.219. The molecule has 1 amide bonds. The number of hydroxylamine groups is 2. The Labute approximate surface area is 65.2 Å². The van der Waals surface area contributed by atoms with Crippen molar-refractivity contribution in [1.82, 2.24) is 5.06 Å². The predicted octanol–water partition coefficient (Wildman–Crippen LogP) is 0.801. The molecule has 0 rings (SSSR count). The maximum atomic E-state index is 10.8. The van der Waals surface area contributed by atoms with Gasteiger partial charge in [-0.05, 0) is 0 Å². The molecule has 0 heterocycles. The highest BCUT2D eigenvalue weighted by atomic mass is 35.5. The van der Waals surface area contributed by atoms with E-state index in [2.05, 4.69) is 4.84 Å². The number of alkyl halides is 1. The molecule has 0 bridgehead atoms. The smallest absolute Gasteiger partial charge is 0.269 e. The van der Waals surface area contributed by atoms with Crippen molar-refractivity contribution in [2.24, 2.45) is 0 Å². The third-order valence-electron chi connectivity index (χ3n) is 0.934. The monoisotopic (exact) mass is 163 g/mol. The highest BCUT2D eigenvalue weighted by Gasteiger charge is 2.00. The van der Waals surface area contributed by atoms with Crippen LogP contribution in [-0.4, -0.2) is 31.0 Å². The fraction of sp³-hybridized carbons (Fsp3) is 0.500. The van der Waals surface area contributed by atoms with Gasteiger partial charge in [0, 0.05) is 19.0 Å². The first-order valence-corrected chi connectivity index (χ1v) is 3.30. The van der Waals surface area contributed by atoms with Crippen LogP contribution in [-0.2, 0) is 9.63 Å². The maximum absolute atomic E-state index is 10.8. The average Bonchev–Trinajstić information content (AvgIpc) is 1.98. The van der Waals surface area contributed by atoms with Gasteiger partial charge >= 0.3 is 0 Å². The van der Waals surface area contributed by atoms with E-state index >= 15 is 0 Å². The molecular formula is C6H10ClNO2. The minimum Gasteiger partial charge on any atom is -0.274 e. The number of halogens is 1. The van der Waals surface area contributed by atoms with Gasteiger partial charge in [-0.15, -0.1) is 11.6 Å². The van der Waals surface area contributed by atoms with Crippen molar-refractivity contribution in [1.29, 1.82) is 0 Å². The number of rotatable bonds is 3. The van der Waals surface area contributed by atoms with Gasteiger partial charge in [-0.3, -0.25) is 9.63 Å². The van der Waals surface area contributed by atoms with E-state index in [0.29, 0.717) is 5.88 Å². The summed E-state index contributed by atoms with van der Waals surface area (Å²) in [5, 5.41) is 1.11. The molecule has 0 unspecified atom stereocenters. The largest absolute Gasteiger partial charge is 0.274 e. The lowest BCUT2D eigenvalue weighted by atomic mass is 10.5. The molecular weight excluding hydrogens is 154 g/mol. The molecule has 0 saturated heterocycles. The molecule has 0 atom stereocenters. The number of hydrogen-bond donors (Lipinski definition) is 0. The highest BCUT2D eigenvalue weighted by Crippen LogP contribution is 1.86. The Kier molecular flexibility index (Phi) is 4.98. The number of amides is 1. The number of allylic oxidation sites excluding steroid dienone is 1. The van der Waals surface area contributed by atoms with E-state index in [0.717, 1.165) is 5.06 Å². The topological polar surface area (TPSA) is 29.5 Å². The van der Waals surface area contributed by atoms with Crippen molar-refractivity contribution >= 4 is 17.5 Å². The zero-order chi connectivity index (χ0) is 7.98. The zero-order valence-electron chi connectivity index (χ0n) is 6.00. The number of hydrogen-bond acceptors (Lipinski definition) is 2. The molecule has 0 aliphatic rings. The van der Waals surface area contributed by atoms with E-state index in [-0.39, 0.29) is 5.91 Å². The summed E-state index contributed by atoms with van der Waals surface area (Å²) in [6.07, 6.45) is 2.91.